The number of nitrogen functional groups attached to an aromatic ring is 1. The van der Waals surface area contributed by atoms with E-state index in [1.165, 1.54) is 7.11 Å². The molecule has 3 N–H and O–H groups in total. The number of aromatic nitrogens is 2. The van der Waals surface area contributed by atoms with Gasteiger partial charge in [-0.2, -0.15) is 5.10 Å². The van der Waals surface area contributed by atoms with Gasteiger partial charge in [0.2, 0.25) is 0 Å². The summed E-state index contributed by atoms with van der Waals surface area (Å²) >= 11 is 0. The lowest BCUT2D eigenvalue weighted by molar-refractivity contribution is 0.0602. The largest absolute Gasteiger partial charge is 0.465 e. The van der Waals surface area contributed by atoms with E-state index in [9.17, 15) is 4.79 Å². The fourth-order valence-electron chi connectivity index (χ4n) is 2.24. The molecule has 106 valence electrons. The van der Waals surface area contributed by atoms with Crippen LogP contribution in [0.3, 0.4) is 0 Å². The van der Waals surface area contributed by atoms with Crippen molar-refractivity contribution in [3.63, 3.8) is 0 Å². The predicted octanol–water partition coefficient (Wildman–Crippen LogP) is 0.0715. The van der Waals surface area contributed by atoms with Gasteiger partial charge in [0.1, 0.15) is 11.4 Å². The van der Waals surface area contributed by atoms with Crippen LogP contribution < -0.4 is 16.0 Å². The van der Waals surface area contributed by atoms with E-state index < -0.39 is 5.97 Å². The Morgan fingerprint density at radius 1 is 1.47 bits per heavy atom. The number of carbonyl (C=O) groups excluding carboxylic acids is 1. The molecule has 0 amide bonds. The zero-order valence-corrected chi connectivity index (χ0v) is 11.5. The van der Waals surface area contributed by atoms with E-state index in [1.54, 1.807) is 4.68 Å². The fourth-order valence-corrected chi connectivity index (χ4v) is 2.24. The van der Waals surface area contributed by atoms with Gasteiger partial charge in [-0.15, -0.1) is 0 Å². The van der Waals surface area contributed by atoms with Gasteiger partial charge in [-0.25, -0.2) is 9.48 Å². The SMILES string of the molecule is CCCn1nc(N2CCNCC2)c(C(=O)OC)c1N. The first-order chi connectivity index (χ1) is 9.19. The lowest BCUT2D eigenvalue weighted by atomic mass is 10.2. The van der Waals surface area contributed by atoms with E-state index in [0.717, 1.165) is 32.6 Å². The Kier molecular flexibility index (Phi) is 4.26. The molecule has 2 heterocycles. The van der Waals surface area contributed by atoms with Crippen LogP contribution in [0.15, 0.2) is 0 Å². The molecule has 1 saturated heterocycles. The van der Waals surface area contributed by atoms with Gasteiger partial charge in [-0.1, -0.05) is 6.92 Å². The van der Waals surface area contributed by atoms with Gasteiger partial charge in [-0.3, -0.25) is 0 Å². The molecule has 1 aliphatic heterocycles. The van der Waals surface area contributed by atoms with Crippen LogP contribution in [0, 0.1) is 0 Å². The summed E-state index contributed by atoms with van der Waals surface area (Å²) in [6.07, 6.45) is 0.910. The number of hydrogen-bond donors (Lipinski definition) is 2. The second-order valence-corrected chi connectivity index (χ2v) is 4.54. The molecular formula is C12H21N5O2. The third-order valence-electron chi connectivity index (χ3n) is 3.21. The maximum Gasteiger partial charge on any atom is 0.345 e. The van der Waals surface area contributed by atoms with Crippen LogP contribution in [-0.4, -0.2) is 49.0 Å². The Balaban J connectivity index is 2.38. The van der Waals surface area contributed by atoms with Crippen LogP contribution >= 0.6 is 0 Å². The van der Waals surface area contributed by atoms with E-state index >= 15 is 0 Å². The number of hydrogen-bond acceptors (Lipinski definition) is 6. The van der Waals surface area contributed by atoms with E-state index in [0.29, 0.717) is 23.7 Å². The van der Waals surface area contributed by atoms with Crippen molar-refractivity contribution >= 4 is 17.6 Å². The molecule has 0 unspecified atom stereocenters. The highest BCUT2D eigenvalue weighted by atomic mass is 16.5. The van der Waals surface area contributed by atoms with Gasteiger partial charge in [0.15, 0.2) is 5.82 Å². The van der Waals surface area contributed by atoms with Crippen molar-refractivity contribution in [3.8, 4) is 0 Å². The van der Waals surface area contributed by atoms with Crippen molar-refractivity contribution in [2.75, 3.05) is 43.9 Å². The maximum absolute atomic E-state index is 11.9. The quantitative estimate of drug-likeness (QED) is 0.751. The third-order valence-corrected chi connectivity index (χ3v) is 3.21. The number of aryl methyl sites for hydroxylation is 1. The van der Waals surface area contributed by atoms with Crippen molar-refractivity contribution in [2.45, 2.75) is 19.9 Å². The standard InChI is InChI=1S/C12H21N5O2/c1-3-6-17-10(13)9(12(18)19-2)11(15-17)16-7-4-14-5-8-16/h14H,3-8,13H2,1-2H3. The zero-order chi connectivity index (χ0) is 13.8. The highest BCUT2D eigenvalue weighted by Crippen LogP contribution is 2.26. The Hall–Kier alpha value is -1.76. The molecule has 0 radical (unpaired) electrons. The summed E-state index contributed by atoms with van der Waals surface area (Å²) in [7, 11) is 1.36. The van der Waals surface area contributed by atoms with Crippen LogP contribution in [0.1, 0.15) is 23.7 Å². The van der Waals surface area contributed by atoms with Crippen LogP contribution in [0.25, 0.3) is 0 Å². The molecule has 2 rings (SSSR count). The summed E-state index contributed by atoms with van der Waals surface area (Å²) in [6, 6.07) is 0. The molecule has 1 aromatic heterocycles. The van der Waals surface area contributed by atoms with Crippen molar-refractivity contribution in [2.24, 2.45) is 0 Å². The molecule has 7 heteroatoms. The van der Waals surface area contributed by atoms with Crippen molar-refractivity contribution in [1.29, 1.82) is 0 Å². The molecule has 0 spiro atoms. The number of nitrogens with zero attached hydrogens (tertiary/aromatic N) is 3. The van der Waals surface area contributed by atoms with E-state index in [1.807, 2.05) is 6.92 Å². The molecule has 1 fully saturated rings. The number of nitrogens with one attached hydrogen (secondary N) is 1. The van der Waals surface area contributed by atoms with E-state index in [2.05, 4.69) is 15.3 Å². The zero-order valence-electron chi connectivity index (χ0n) is 11.5. The minimum Gasteiger partial charge on any atom is -0.465 e. The Bertz CT molecular complexity index is 451. The average Bonchev–Trinajstić information content (AvgIpc) is 2.77. The third kappa shape index (κ3) is 2.65. The minimum absolute atomic E-state index is 0.387. The van der Waals surface area contributed by atoms with Gasteiger partial charge in [0, 0.05) is 32.7 Å². The first-order valence-corrected chi connectivity index (χ1v) is 6.59. The second kappa shape index (κ2) is 5.92. The molecule has 1 aliphatic rings. The summed E-state index contributed by atoms with van der Waals surface area (Å²) in [5.41, 5.74) is 6.42. The van der Waals surface area contributed by atoms with E-state index in [4.69, 9.17) is 10.5 Å². The first kappa shape index (κ1) is 13.7. The summed E-state index contributed by atoms with van der Waals surface area (Å²) in [4.78, 5) is 14.0. The number of rotatable bonds is 4. The lowest BCUT2D eigenvalue weighted by Crippen LogP contribution is -2.44. The Morgan fingerprint density at radius 2 is 2.16 bits per heavy atom. The van der Waals surface area contributed by atoms with Crippen LogP contribution in [-0.2, 0) is 11.3 Å². The normalized spacial score (nSPS) is 15.6. The van der Waals surface area contributed by atoms with Gasteiger partial charge < -0.3 is 20.7 Å². The summed E-state index contributed by atoms with van der Waals surface area (Å²) in [5, 5.41) is 7.75. The van der Waals surface area contributed by atoms with Crippen molar-refractivity contribution in [3.05, 3.63) is 5.56 Å². The van der Waals surface area contributed by atoms with E-state index in [-0.39, 0.29) is 0 Å². The number of methoxy groups -OCH3 is 1. The molecule has 0 aliphatic carbocycles. The number of anilines is 2. The van der Waals surface area contributed by atoms with Crippen LogP contribution in [0.4, 0.5) is 11.6 Å². The average molecular weight is 267 g/mol. The molecule has 0 bridgehead atoms. The smallest absolute Gasteiger partial charge is 0.345 e. The van der Waals surface area contributed by atoms with Crippen molar-refractivity contribution in [1.82, 2.24) is 15.1 Å². The maximum atomic E-state index is 11.9. The summed E-state index contributed by atoms with van der Waals surface area (Å²) < 4.78 is 6.51. The van der Waals surface area contributed by atoms with Gasteiger partial charge in [-0.05, 0) is 6.42 Å². The van der Waals surface area contributed by atoms with Gasteiger partial charge in [0.05, 0.1) is 7.11 Å². The number of ether oxygens (including phenoxy) is 1. The van der Waals surface area contributed by atoms with Crippen molar-refractivity contribution < 1.29 is 9.53 Å². The molecule has 0 atom stereocenters. The van der Waals surface area contributed by atoms with Crippen LogP contribution in [0.2, 0.25) is 0 Å². The molecule has 19 heavy (non-hydrogen) atoms. The molecule has 0 saturated carbocycles. The highest BCUT2D eigenvalue weighted by Gasteiger charge is 2.27. The number of piperazine rings is 1. The first-order valence-electron chi connectivity index (χ1n) is 6.59. The van der Waals surface area contributed by atoms with Gasteiger partial charge >= 0.3 is 5.97 Å². The Morgan fingerprint density at radius 3 is 2.74 bits per heavy atom. The number of esters is 1. The number of nitrogens with two attached hydrogens (primary N) is 1. The monoisotopic (exact) mass is 267 g/mol. The molecule has 1 aromatic rings. The Labute approximate surface area is 112 Å². The summed E-state index contributed by atoms with van der Waals surface area (Å²) in [6.45, 7) is 6.12. The predicted molar refractivity (Wildman–Crippen MR) is 73.4 cm³/mol. The summed E-state index contributed by atoms with van der Waals surface area (Å²) in [5.74, 6) is 0.606. The minimum atomic E-state index is -0.423. The van der Waals surface area contributed by atoms with Crippen LogP contribution in [0.5, 0.6) is 0 Å². The molecular weight excluding hydrogens is 246 g/mol. The molecule has 0 aromatic carbocycles. The lowest BCUT2D eigenvalue weighted by Gasteiger charge is -2.27. The fraction of sp³-hybridized carbons (Fsp3) is 0.667. The van der Waals surface area contributed by atoms with Gasteiger partial charge in [0.25, 0.3) is 0 Å². The molecule has 7 nitrogen and oxygen atoms in total. The topological polar surface area (TPSA) is 85.4 Å². The highest BCUT2D eigenvalue weighted by molar-refractivity contribution is 5.99. The number of carbonyl (C=O) groups is 1. The second-order valence-electron chi connectivity index (χ2n) is 4.54.